The number of halogens is 3. The Morgan fingerprint density at radius 1 is 1.08 bits per heavy atom. The van der Waals surface area contributed by atoms with E-state index >= 15 is 0 Å². The number of aryl methyl sites for hydroxylation is 1. The molecule has 1 aromatic heterocycles. The predicted octanol–water partition coefficient (Wildman–Crippen LogP) is 5.05. The van der Waals surface area contributed by atoms with Crippen molar-refractivity contribution in [1.82, 2.24) is 9.88 Å². The molecular weight excluding hydrogens is 483 g/mol. The second-order valence-electron chi connectivity index (χ2n) is 9.26. The molecule has 196 valence electrons. The molecule has 1 aliphatic rings. The fraction of sp³-hybridized carbons (Fsp3) is 0.357. The van der Waals surface area contributed by atoms with Crippen LogP contribution in [0.5, 0.6) is 11.5 Å². The number of alkyl halides is 3. The number of nitrogens with two attached hydrogens (primary N) is 1. The molecule has 0 spiro atoms. The Morgan fingerprint density at radius 2 is 1.76 bits per heavy atom. The van der Waals surface area contributed by atoms with Crippen LogP contribution < -0.4 is 15.2 Å². The van der Waals surface area contributed by atoms with Crippen molar-refractivity contribution in [3.05, 3.63) is 88.7 Å². The third-order valence-corrected chi connectivity index (χ3v) is 7.21. The van der Waals surface area contributed by atoms with E-state index in [1.54, 1.807) is 14.2 Å². The van der Waals surface area contributed by atoms with Gasteiger partial charge in [-0.3, -0.25) is 14.7 Å². The van der Waals surface area contributed by atoms with Gasteiger partial charge < -0.3 is 15.2 Å². The summed E-state index contributed by atoms with van der Waals surface area (Å²) in [6, 6.07) is 15.4. The Balaban J connectivity index is 1.76. The number of amides is 1. The summed E-state index contributed by atoms with van der Waals surface area (Å²) in [5.74, 6) is 0.690. The summed E-state index contributed by atoms with van der Waals surface area (Å²) in [4.78, 5) is 18.7. The number of primary amides is 1. The normalized spacial score (nSPS) is 17.5. The molecule has 0 aliphatic carbocycles. The highest BCUT2D eigenvalue weighted by Gasteiger charge is 2.45. The van der Waals surface area contributed by atoms with Crippen LogP contribution >= 0.6 is 0 Å². The molecule has 4 rings (SSSR count). The van der Waals surface area contributed by atoms with Crippen molar-refractivity contribution in [2.45, 2.75) is 43.9 Å². The molecule has 0 saturated carbocycles. The van der Waals surface area contributed by atoms with E-state index in [9.17, 15) is 18.0 Å². The molecule has 6 nitrogen and oxygen atoms in total. The summed E-state index contributed by atoms with van der Waals surface area (Å²) in [5.41, 5.74) is 7.46. The minimum absolute atomic E-state index is 0.274. The molecule has 3 aromatic rings. The maximum absolute atomic E-state index is 13.0. The van der Waals surface area contributed by atoms with Crippen LogP contribution in [-0.2, 0) is 29.4 Å². The maximum Gasteiger partial charge on any atom is 0.433 e. The lowest BCUT2D eigenvalue weighted by Gasteiger charge is -2.47. The van der Waals surface area contributed by atoms with Gasteiger partial charge in [0.15, 0.2) is 11.5 Å². The van der Waals surface area contributed by atoms with Crippen LogP contribution in [-0.4, -0.2) is 36.6 Å². The molecule has 2 aromatic carbocycles. The van der Waals surface area contributed by atoms with Gasteiger partial charge in [-0.15, -0.1) is 0 Å². The largest absolute Gasteiger partial charge is 0.493 e. The number of hydrogen-bond acceptors (Lipinski definition) is 5. The van der Waals surface area contributed by atoms with Crippen molar-refractivity contribution in [1.29, 1.82) is 0 Å². The van der Waals surface area contributed by atoms with E-state index < -0.39 is 23.3 Å². The number of benzene rings is 2. The summed E-state index contributed by atoms with van der Waals surface area (Å²) in [5, 5.41) is 0. The molecule has 2 N–H and O–H groups in total. The number of ether oxygens (including phenoxy) is 2. The molecule has 9 heteroatoms. The number of aromatic nitrogens is 1. The molecule has 2 heterocycles. The van der Waals surface area contributed by atoms with Gasteiger partial charge >= 0.3 is 6.18 Å². The van der Waals surface area contributed by atoms with Crippen LogP contribution in [0.4, 0.5) is 13.2 Å². The standard InChI is InChI=1S/C28H30F3N3O3/c1-27(26(32)35,20-7-5-4-6-8-20)34-14-13-19-15-23(36-2)24(37-3)16-21(19)22(34)11-9-18-10-12-25(33-17-18)28(29,30)31/h4-8,10,12,15-17,22H,9,11,13-14H2,1-3H3,(H2,32,35). The first-order chi connectivity index (χ1) is 17.6. The molecule has 0 bridgehead atoms. The fourth-order valence-corrected chi connectivity index (χ4v) is 5.13. The van der Waals surface area contributed by atoms with E-state index in [2.05, 4.69) is 9.88 Å². The average molecular weight is 514 g/mol. The van der Waals surface area contributed by atoms with Crippen molar-refractivity contribution in [3.8, 4) is 11.5 Å². The SMILES string of the molecule is COc1cc2c(cc1OC)C(CCc1ccc(C(F)(F)F)nc1)N(C(C)(C(N)=O)c1ccccc1)CC2. The van der Waals surface area contributed by atoms with Crippen LogP contribution in [0.25, 0.3) is 0 Å². The first kappa shape index (κ1) is 26.5. The van der Waals surface area contributed by atoms with Crippen molar-refractivity contribution in [2.24, 2.45) is 5.73 Å². The quantitative estimate of drug-likeness (QED) is 0.456. The van der Waals surface area contributed by atoms with Crippen molar-refractivity contribution in [2.75, 3.05) is 20.8 Å². The number of carbonyl (C=O) groups is 1. The molecule has 2 unspecified atom stereocenters. The summed E-state index contributed by atoms with van der Waals surface area (Å²) < 4.78 is 50.0. The number of nitrogens with zero attached hydrogens (tertiary/aromatic N) is 2. The topological polar surface area (TPSA) is 77.7 Å². The lowest BCUT2D eigenvalue weighted by molar-refractivity contribution is -0.141. The fourth-order valence-electron chi connectivity index (χ4n) is 5.13. The van der Waals surface area contributed by atoms with Gasteiger partial charge in [0.1, 0.15) is 11.2 Å². The zero-order valence-corrected chi connectivity index (χ0v) is 21.0. The van der Waals surface area contributed by atoms with Crippen LogP contribution in [0.3, 0.4) is 0 Å². The Morgan fingerprint density at radius 3 is 2.32 bits per heavy atom. The second-order valence-corrected chi connectivity index (χ2v) is 9.26. The van der Waals surface area contributed by atoms with Crippen LogP contribution in [0, 0.1) is 0 Å². The number of pyridine rings is 1. The molecule has 2 atom stereocenters. The molecule has 37 heavy (non-hydrogen) atoms. The molecule has 0 saturated heterocycles. The van der Waals surface area contributed by atoms with Gasteiger partial charge in [0, 0.05) is 18.8 Å². The van der Waals surface area contributed by atoms with E-state index in [0.29, 0.717) is 42.9 Å². The third kappa shape index (κ3) is 5.13. The van der Waals surface area contributed by atoms with E-state index in [1.165, 1.54) is 12.3 Å². The third-order valence-electron chi connectivity index (χ3n) is 7.21. The number of hydrogen-bond donors (Lipinski definition) is 1. The lowest BCUT2D eigenvalue weighted by atomic mass is 9.81. The smallest absolute Gasteiger partial charge is 0.433 e. The summed E-state index contributed by atoms with van der Waals surface area (Å²) in [7, 11) is 3.14. The highest BCUT2D eigenvalue weighted by molar-refractivity contribution is 5.86. The number of carbonyl (C=O) groups excluding carboxylic acids is 1. The van der Waals surface area contributed by atoms with Crippen molar-refractivity contribution >= 4 is 5.91 Å². The van der Waals surface area contributed by atoms with Crippen LogP contribution in [0.1, 0.15) is 47.3 Å². The van der Waals surface area contributed by atoms with Gasteiger partial charge in [0.25, 0.3) is 0 Å². The predicted molar refractivity (Wildman–Crippen MR) is 133 cm³/mol. The van der Waals surface area contributed by atoms with Gasteiger partial charge in [-0.05, 0) is 66.6 Å². The Bertz CT molecular complexity index is 1250. The van der Waals surface area contributed by atoms with Gasteiger partial charge in [-0.25, -0.2) is 0 Å². The molecular formula is C28H30F3N3O3. The van der Waals surface area contributed by atoms with E-state index in [1.807, 2.05) is 49.4 Å². The molecule has 1 aliphatic heterocycles. The first-order valence-electron chi connectivity index (χ1n) is 12.0. The number of fused-ring (bicyclic) bond motifs is 1. The zero-order chi connectivity index (χ0) is 26.8. The van der Waals surface area contributed by atoms with Gasteiger partial charge in [0.2, 0.25) is 5.91 Å². The van der Waals surface area contributed by atoms with Crippen molar-refractivity contribution in [3.63, 3.8) is 0 Å². The summed E-state index contributed by atoms with van der Waals surface area (Å²) in [6.45, 7) is 2.37. The molecule has 1 amide bonds. The average Bonchev–Trinajstić information content (AvgIpc) is 2.90. The van der Waals surface area contributed by atoms with Crippen LogP contribution in [0.2, 0.25) is 0 Å². The monoisotopic (exact) mass is 513 g/mol. The molecule has 0 radical (unpaired) electrons. The minimum atomic E-state index is -4.49. The molecule has 0 fully saturated rings. The van der Waals surface area contributed by atoms with Gasteiger partial charge in [-0.1, -0.05) is 36.4 Å². The van der Waals surface area contributed by atoms with E-state index in [4.69, 9.17) is 15.2 Å². The maximum atomic E-state index is 13.0. The van der Waals surface area contributed by atoms with Gasteiger partial charge in [0.05, 0.1) is 14.2 Å². The summed E-state index contributed by atoms with van der Waals surface area (Å²) in [6.07, 6.45) is -1.61. The highest BCUT2D eigenvalue weighted by atomic mass is 19.4. The number of methoxy groups -OCH3 is 2. The van der Waals surface area contributed by atoms with Crippen molar-refractivity contribution < 1.29 is 27.4 Å². The lowest BCUT2D eigenvalue weighted by Crippen LogP contribution is -2.56. The Labute approximate surface area is 214 Å². The zero-order valence-electron chi connectivity index (χ0n) is 21.0. The summed E-state index contributed by atoms with van der Waals surface area (Å²) >= 11 is 0. The van der Waals surface area contributed by atoms with E-state index in [0.717, 1.165) is 22.8 Å². The Hall–Kier alpha value is -3.59. The first-order valence-corrected chi connectivity index (χ1v) is 12.0. The van der Waals surface area contributed by atoms with Crippen LogP contribution in [0.15, 0.2) is 60.8 Å². The van der Waals surface area contributed by atoms with Gasteiger partial charge in [-0.2, -0.15) is 13.2 Å². The highest BCUT2D eigenvalue weighted by Crippen LogP contribution is 2.45. The minimum Gasteiger partial charge on any atom is -0.493 e. The Kier molecular flexibility index (Phi) is 7.45. The van der Waals surface area contributed by atoms with E-state index in [-0.39, 0.29) is 6.04 Å². The number of rotatable bonds is 8. The second kappa shape index (κ2) is 10.4.